The van der Waals surface area contributed by atoms with Gasteiger partial charge in [0.1, 0.15) is 0 Å². The number of nitrogens with two attached hydrogens (primary N) is 1. The number of hydrogen-bond acceptors (Lipinski definition) is 4. The van der Waals surface area contributed by atoms with E-state index >= 15 is 0 Å². The highest BCUT2D eigenvalue weighted by Gasteiger charge is 2.10. The number of nitrogens with one attached hydrogen (secondary N) is 1. The monoisotopic (exact) mass is 244 g/mol. The lowest BCUT2D eigenvalue weighted by Gasteiger charge is -2.19. The van der Waals surface area contributed by atoms with Gasteiger partial charge in [-0.1, -0.05) is 12.1 Å². The van der Waals surface area contributed by atoms with E-state index in [1.54, 1.807) is 0 Å². The molecule has 0 bridgehead atoms. The Kier molecular flexibility index (Phi) is 4.25. The van der Waals surface area contributed by atoms with Crippen LogP contribution in [0.1, 0.15) is 18.0 Å². The Morgan fingerprint density at radius 2 is 2.17 bits per heavy atom. The van der Waals surface area contributed by atoms with Crippen molar-refractivity contribution in [2.75, 3.05) is 20.6 Å². The van der Waals surface area contributed by atoms with E-state index in [2.05, 4.69) is 47.6 Å². The fourth-order valence-corrected chi connectivity index (χ4v) is 2.04. The standard InChI is InChI=1S/C14H20N4/c1-18(2)9-7-14(17-15)12-5-6-13-11(10-12)4-3-8-16-13/h3-6,8,10,14,17H,7,9,15H2,1-2H3. The van der Waals surface area contributed by atoms with Crippen molar-refractivity contribution in [3.8, 4) is 0 Å². The van der Waals surface area contributed by atoms with Gasteiger partial charge in [0.15, 0.2) is 0 Å². The highest BCUT2D eigenvalue weighted by Crippen LogP contribution is 2.20. The van der Waals surface area contributed by atoms with E-state index < -0.39 is 0 Å². The van der Waals surface area contributed by atoms with Gasteiger partial charge >= 0.3 is 0 Å². The van der Waals surface area contributed by atoms with Crippen LogP contribution < -0.4 is 11.3 Å². The van der Waals surface area contributed by atoms with Crippen molar-refractivity contribution in [2.45, 2.75) is 12.5 Å². The number of hydrogen-bond donors (Lipinski definition) is 2. The first-order chi connectivity index (χ1) is 8.70. The summed E-state index contributed by atoms with van der Waals surface area (Å²) in [6.07, 6.45) is 2.79. The molecule has 0 amide bonds. The van der Waals surface area contributed by atoms with Crippen LogP contribution >= 0.6 is 0 Å². The number of fused-ring (bicyclic) bond motifs is 1. The van der Waals surface area contributed by atoms with Crippen molar-refractivity contribution in [3.63, 3.8) is 0 Å². The predicted octanol–water partition coefficient (Wildman–Crippen LogP) is 1.69. The fraction of sp³-hybridized carbons (Fsp3) is 0.357. The minimum absolute atomic E-state index is 0.178. The number of hydrazine groups is 1. The number of nitrogens with zero attached hydrogens (tertiary/aromatic N) is 2. The predicted molar refractivity (Wildman–Crippen MR) is 75.0 cm³/mol. The third-order valence-electron chi connectivity index (χ3n) is 3.10. The molecule has 0 saturated carbocycles. The lowest BCUT2D eigenvalue weighted by molar-refractivity contribution is 0.363. The van der Waals surface area contributed by atoms with E-state index in [0.29, 0.717) is 0 Å². The van der Waals surface area contributed by atoms with Gasteiger partial charge in [0.25, 0.3) is 0 Å². The van der Waals surface area contributed by atoms with Crippen LogP contribution in [0, 0.1) is 0 Å². The maximum atomic E-state index is 5.65. The van der Waals surface area contributed by atoms with Crippen LogP contribution in [0.3, 0.4) is 0 Å². The second-order valence-electron chi connectivity index (χ2n) is 4.77. The molecule has 0 aliphatic rings. The summed E-state index contributed by atoms with van der Waals surface area (Å²) in [5.74, 6) is 5.65. The first kappa shape index (κ1) is 13.0. The third-order valence-corrected chi connectivity index (χ3v) is 3.10. The summed E-state index contributed by atoms with van der Waals surface area (Å²) in [5.41, 5.74) is 5.12. The second kappa shape index (κ2) is 5.91. The Balaban J connectivity index is 2.22. The van der Waals surface area contributed by atoms with Crippen LogP contribution in [0.25, 0.3) is 10.9 Å². The molecule has 96 valence electrons. The summed E-state index contributed by atoms with van der Waals surface area (Å²) in [4.78, 5) is 6.48. The van der Waals surface area contributed by atoms with Gasteiger partial charge in [-0.15, -0.1) is 0 Å². The van der Waals surface area contributed by atoms with E-state index in [9.17, 15) is 0 Å². The largest absolute Gasteiger partial charge is 0.309 e. The molecule has 1 aromatic heterocycles. The van der Waals surface area contributed by atoms with E-state index in [1.807, 2.05) is 18.3 Å². The molecule has 1 unspecified atom stereocenters. The van der Waals surface area contributed by atoms with Crippen LogP contribution in [0.2, 0.25) is 0 Å². The van der Waals surface area contributed by atoms with Gasteiger partial charge in [0.05, 0.1) is 5.52 Å². The van der Waals surface area contributed by atoms with Crippen molar-refractivity contribution >= 4 is 10.9 Å². The zero-order valence-corrected chi connectivity index (χ0v) is 10.9. The van der Waals surface area contributed by atoms with E-state index in [-0.39, 0.29) is 6.04 Å². The maximum absolute atomic E-state index is 5.65. The van der Waals surface area contributed by atoms with Crippen molar-refractivity contribution in [3.05, 3.63) is 42.1 Å². The number of rotatable bonds is 5. The zero-order valence-electron chi connectivity index (χ0n) is 10.9. The van der Waals surface area contributed by atoms with Gasteiger partial charge in [0.2, 0.25) is 0 Å². The first-order valence-corrected chi connectivity index (χ1v) is 6.16. The molecule has 1 aromatic carbocycles. The van der Waals surface area contributed by atoms with Gasteiger partial charge in [-0.05, 0) is 50.8 Å². The quantitative estimate of drug-likeness (QED) is 0.621. The fourth-order valence-electron chi connectivity index (χ4n) is 2.04. The minimum atomic E-state index is 0.178. The molecule has 0 aliphatic heterocycles. The lowest BCUT2D eigenvalue weighted by atomic mass is 10.0. The molecule has 3 N–H and O–H groups in total. The molecule has 1 atom stereocenters. The van der Waals surface area contributed by atoms with E-state index in [1.165, 1.54) is 5.56 Å². The summed E-state index contributed by atoms with van der Waals surface area (Å²) in [7, 11) is 4.13. The smallest absolute Gasteiger partial charge is 0.0702 e. The van der Waals surface area contributed by atoms with Gasteiger partial charge in [-0.25, -0.2) is 0 Å². The maximum Gasteiger partial charge on any atom is 0.0702 e. The third kappa shape index (κ3) is 3.04. The number of pyridine rings is 1. The van der Waals surface area contributed by atoms with Gasteiger partial charge < -0.3 is 4.90 Å². The summed E-state index contributed by atoms with van der Waals surface area (Å²) in [6, 6.07) is 10.5. The number of benzene rings is 1. The van der Waals surface area contributed by atoms with Gasteiger partial charge in [-0.3, -0.25) is 16.3 Å². The van der Waals surface area contributed by atoms with Crippen LogP contribution in [0.5, 0.6) is 0 Å². The lowest BCUT2D eigenvalue weighted by Crippen LogP contribution is -2.30. The topological polar surface area (TPSA) is 54.2 Å². The molecule has 0 radical (unpaired) electrons. The normalized spacial score (nSPS) is 13.1. The molecule has 2 rings (SSSR count). The van der Waals surface area contributed by atoms with Crippen molar-refractivity contribution in [1.29, 1.82) is 0 Å². The van der Waals surface area contributed by atoms with Gasteiger partial charge in [-0.2, -0.15) is 0 Å². The van der Waals surface area contributed by atoms with Crippen molar-refractivity contribution in [2.24, 2.45) is 5.84 Å². The summed E-state index contributed by atoms with van der Waals surface area (Å²) < 4.78 is 0. The highest BCUT2D eigenvalue weighted by molar-refractivity contribution is 5.79. The Labute approximate surface area is 108 Å². The highest BCUT2D eigenvalue weighted by atomic mass is 15.2. The van der Waals surface area contributed by atoms with E-state index in [4.69, 9.17) is 5.84 Å². The summed E-state index contributed by atoms with van der Waals surface area (Å²) >= 11 is 0. The van der Waals surface area contributed by atoms with E-state index in [0.717, 1.165) is 23.9 Å². The minimum Gasteiger partial charge on any atom is -0.309 e. The molecule has 0 aliphatic carbocycles. The van der Waals surface area contributed by atoms with Crippen LogP contribution in [-0.4, -0.2) is 30.5 Å². The average molecular weight is 244 g/mol. The molecule has 4 heteroatoms. The molecule has 18 heavy (non-hydrogen) atoms. The van der Waals surface area contributed by atoms with Gasteiger partial charge in [0, 0.05) is 17.6 Å². The molecule has 0 spiro atoms. The summed E-state index contributed by atoms with van der Waals surface area (Å²) in [6.45, 7) is 1.000. The molecule has 0 saturated heterocycles. The molecule has 2 aromatic rings. The molecule has 1 heterocycles. The van der Waals surface area contributed by atoms with Crippen LogP contribution in [-0.2, 0) is 0 Å². The molecule has 0 fully saturated rings. The van der Waals surface area contributed by atoms with Crippen LogP contribution in [0.4, 0.5) is 0 Å². The average Bonchev–Trinajstić information content (AvgIpc) is 2.39. The van der Waals surface area contributed by atoms with Crippen molar-refractivity contribution in [1.82, 2.24) is 15.3 Å². The Morgan fingerprint density at radius 1 is 1.33 bits per heavy atom. The second-order valence-corrected chi connectivity index (χ2v) is 4.77. The Morgan fingerprint density at radius 3 is 2.89 bits per heavy atom. The first-order valence-electron chi connectivity index (χ1n) is 6.16. The molecular formula is C14H20N4. The SMILES string of the molecule is CN(C)CCC(NN)c1ccc2ncccc2c1. The number of aromatic nitrogens is 1. The Bertz CT molecular complexity index is 510. The van der Waals surface area contributed by atoms with Crippen molar-refractivity contribution < 1.29 is 0 Å². The Hall–Kier alpha value is -1.49. The summed E-state index contributed by atoms with van der Waals surface area (Å²) in [5, 5.41) is 1.15. The van der Waals surface area contributed by atoms with Crippen LogP contribution in [0.15, 0.2) is 36.5 Å². The molecule has 4 nitrogen and oxygen atoms in total. The zero-order chi connectivity index (χ0) is 13.0. The molecular weight excluding hydrogens is 224 g/mol.